The molecule has 0 aromatic rings. The van der Waals surface area contributed by atoms with E-state index >= 15 is 0 Å². The first-order valence-electron chi connectivity index (χ1n) is 27.9. The number of allylic oxidation sites excluding steroid dienone is 12. The SMILES string of the molecule is CC/C=C\C/C=C\C/C=C\C/C=C\C/C=C\C/C=C\CCCCCCCCC(=O)OCC(COC(=O)CCCCCCC)OC(=O)CCCCCCCCCCCCCCCCCCCC. The first kappa shape index (κ1) is 62.8. The Balaban J connectivity index is 4.14. The summed E-state index contributed by atoms with van der Waals surface area (Å²) in [6.45, 7) is 6.45. The van der Waals surface area contributed by atoms with E-state index in [1.165, 1.54) is 122 Å². The van der Waals surface area contributed by atoms with Gasteiger partial charge in [0.2, 0.25) is 0 Å². The molecule has 0 aliphatic heterocycles. The zero-order valence-electron chi connectivity index (χ0n) is 43.4. The third-order valence-corrected chi connectivity index (χ3v) is 12.0. The minimum Gasteiger partial charge on any atom is -0.462 e. The van der Waals surface area contributed by atoms with Gasteiger partial charge in [0.15, 0.2) is 6.10 Å². The molecule has 0 fully saturated rings. The zero-order chi connectivity index (χ0) is 47.9. The predicted molar refractivity (Wildman–Crippen MR) is 284 cm³/mol. The summed E-state index contributed by atoms with van der Waals surface area (Å²) < 4.78 is 16.7. The third kappa shape index (κ3) is 51.8. The number of carbonyl (C=O) groups excluding carboxylic acids is 3. The minimum absolute atomic E-state index is 0.0789. The summed E-state index contributed by atoms with van der Waals surface area (Å²) in [6.07, 6.45) is 69.3. The van der Waals surface area contributed by atoms with Crippen molar-refractivity contribution in [1.29, 1.82) is 0 Å². The molecule has 0 spiro atoms. The number of hydrogen-bond acceptors (Lipinski definition) is 6. The molecule has 380 valence electrons. The van der Waals surface area contributed by atoms with Crippen molar-refractivity contribution >= 4 is 17.9 Å². The molecule has 0 aromatic heterocycles. The molecule has 0 aliphatic carbocycles. The highest BCUT2D eigenvalue weighted by molar-refractivity contribution is 5.71. The van der Waals surface area contributed by atoms with Crippen LogP contribution in [0, 0.1) is 0 Å². The average Bonchev–Trinajstić information content (AvgIpc) is 3.31. The van der Waals surface area contributed by atoms with Crippen LogP contribution in [0.5, 0.6) is 0 Å². The van der Waals surface area contributed by atoms with Crippen LogP contribution in [0.4, 0.5) is 0 Å². The van der Waals surface area contributed by atoms with Gasteiger partial charge in [-0.05, 0) is 70.6 Å². The monoisotopic (exact) mass is 921 g/mol. The molecule has 0 bridgehead atoms. The molecule has 66 heavy (non-hydrogen) atoms. The van der Waals surface area contributed by atoms with Crippen LogP contribution < -0.4 is 0 Å². The van der Waals surface area contributed by atoms with E-state index in [4.69, 9.17) is 14.2 Å². The fourth-order valence-corrected chi connectivity index (χ4v) is 7.80. The minimum atomic E-state index is -0.776. The van der Waals surface area contributed by atoms with Crippen molar-refractivity contribution in [3.05, 3.63) is 72.9 Å². The second-order valence-electron chi connectivity index (χ2n) is 18.5. The Morgan fingerprint density at radius 2 is 0.591 bits per heavy atom. The summed E-state index contributed by atoms with van der Waals surface area (Å²) in [4.78, 5) is 37.8. The van der Waals surface area contributed by atoms with Gasteiger partial charge in [0.05, 0.1) is 0 Å². The fraction of sp³-hybridized carbons (Fsp3) is 0.750. The van der Waals surface area contributed by atoms with E-state index in [9.17, 15) is 14.4 Å². The average molecular weight is 921 g/mol. The Kier molecular flexibility index (Phi) is 51.9. The summed E-state index contributed by atoms with van der Waals surface area (Å²) >= 11 is 0. The number of hydrogen-bond donors (Lipinski definition) is 0. The second kappa shape index (κ2) is 54.5. The number of rotatable bonds is 50. The molecule has 0 rings (SSSR count). The van der Waals surface area contributed by atoms with E-state index in [1.54, 1.807) is 0 Å². The van der Waals surface area contributed by atoms with Gasteiger partial charge < -0.3 is 14.2 Å². The van der Waals surface area contributed by atoms with Crippen LogP contribution in [0.1, 0.15) is 271 Å². The second-order valence-corrected chi connectivity index (χ2v) is 18.5. The zero-order valence-corrected chi connectivity index (χ0v) is 43.4. The quantitative estimate of drug-likeness (QED) is 0.0262. The number of esters is 3. The maximum absolute atomic E-state index is 12.8. The van der Waals surface area contributed by atoms with Crippen LogP contribution in [0.25, 0.3) is 0 Å². The van der Waals surface area contributed by atoms with Crippen LogP contribution >= 0.6 is 0 Å². The van der Waals surface area contributed by atoms with Crippen molar-refractivity contribution in [1.82, 2.24) is 0 Å². The Morgan fingerprint density at radius 1 is 0.318 bits per heavy atom. The lowest BCUT2D eigenvalue weighted by molar-refractivity contribution is -0.167. The normalized spacial score (nSPS) is 12.6. The Labute approximate surface area is 408 Å². The number of ether oxygens (including phenoxy) is 3. The molecule has 0 aromatic carbocycles. The van der Waals surface area contributed by atoms with Crippen molar-refractivity contribution in [2.45, 2.75) is 277 Å². The van der Waals surface area contributed by atoms with Crippen molar-refractivity contribution in [2.75, 3.05) is 13.2 Å². The lowest BCUT2D eigenvalue weighted by atomic mass is 10.0. The van der Waals surface area contributed by atoms with Crippen LogP contribution in [-0.4, -0.2) is 37.2 Å². The van der Waals surface area contributed by atoms with E-state index in [-0.39, 0.29) is 31.1 Å². The Bertz CT molecular complexity index is 1240. The fourth-order valence-electron chi connectivity index (χ4n) is 7.80. The van der Waals surface area contributed by atoms with Gasteiger partial charge in [0, 0.05) is 19.3 Å². The molecule has 6 nitrogen and oxygen atoms in total. The highest BCUT2D eigenvalue weighted by atomic mass is 16.6. The molecule has 0 radical (unpaired) electrons. The number of unbranched alkanes of at least 4 members (excludes halogenated alkanes) is 27. The molecule has 6 heteroatoms. The topological polar surface area (TPSA) is 78.9 Å². The van der Waals surface area contributed by atoms with Gasteiger partial charge in [-0.25, -0.2) is 0 Å². The lowest BCUT2D eigenvalue weighted by Gasteiger charge is -2.18. The molecule has 0 saturated carbocycles. The van der Waals surface area contributed by atoms with E-state index in [0.29, 0.717) is 19.3 Å². The van der Waals surface area contributed by atoms with Crippen LogP contribution in [0.15, 0.2) is 72.9 Å². The summed E-state index contributed by atoms with van der Waals surface area (Å²) in [5.41, 5.74) is 0. The largest absolute Gasteiger partial charge is 0.462 e. The first-order chi connectivity index (χ1) is 32.5. The lowest BCUT2D eigenvalue weighted by Crippen LogP contribution is -2.30. The molecule has 0 N–H and O–H groups in total. The molecule has 0 heterocycles. The van der Waals surface area contributed by atoms with Gasteiger partial charge in [-0.15, -0.1) is 0 Å². The Morgan fingerprint density at radius 3 is 0.924 bits per heavy atom. The standard InChI is InChI=1S/C60H104O6/c1-4-7-10-13-15-17-19-21-23-25-27-28-29-30-31-32-33-35-36-38-40-42-44-47-50-53-59(62)65-56-57(55-64-58(61)52-49-46-12-9-6-3)66-60(63)54-51-48-45-43-41-39-37-34-26-24-22-20-18-16-14-11-8-5-2/h7,10,15,17,21,23,27-28,30-31,33,35,57H,4-6,8-9,11-14,16,18-20,22,24-26,29,32,34,36-56H2,1-3H3/b10-7-,17-15-,23-21-,28-27-,31-30-,35-33-. The van der Waals surface area contributed by atoms with Crippen molar-refractivity contribution in [3.63, 3.8) is 0 Å². The molecule has 0 amide bonds. The van der Waals surface area contributed by atoms with Crippen molar-refractivity contribution < 1.29 is 28.6 Å². The van der Waals surface area contributed by atoms with Gasteiger partial charge in [-0.2, -0.15) is 0 Å². The van der Waals surface area contributed by atoms with Gasteiger partial charge in [0.1, 0.15) is 13.2 Å². The van der Waals surface area contributed by atoms with Gasteiger partial charge in [-0.3, -0.25) is 14.4 Å². The molecule has 1 atom stereocenters. The maximum Gasteiger partial charge on any atom is 0.306 e. The van der Waals surface area contributed by atoms with Crippen molar-refractivity contribution in [2.24, 2.45) is 0 Å². The van der Waals surface area contributed by atoms with Gasteiger partial charge in [0.25, 0.3) is 0 Å². The van der Waals surface area contributed by atoms with E-state index in [0.717, 1.165) is 109 Å². The van der Waals surface area contributed by atoms with Crippen LogP contribution in [-0.2, 0) is 28.6 Å². The van der Waals surface area contributed by atoms with E-state index in [1.807, 2.05) is 0 Å². The molecule has 0 saturated heterocycles. The van der Waals surface area contributed by atoms with E-state index < -0.39 is 6.10 Å². The van der Waals surface area contributed by atoms with Gasteiger partial charge in [-0.1, -0.05) is 254 Å². The summed E-state index contributed by atoms with van der Waals surface area (Å²) in [7, 11) is 0. The molecule has 0 aliphatic rings. The smallest absolute Gasteiger partial charge is 0.306 e. The third-order valence-electron chi connectivity index (χ3n) is 12.0. The van der Waals surface area contributed by atoms with Gasteiger partial charge >= 0.3 is 17.9 Å². The van der Waals surface area contributed by atoms with Crippen LogP contribution in [0.2, 0.25) is 0 Å². The van der Waals surface area contributed by atoms with Crippen molar-refractivity contribution in [3.8, 4) is 0 Å². The van der Waals surface area contributed by atoms with E-state index in [2.05, 4.69) is 93.7 Å². The molecule has 1 unspecified atom stereocenters. The summed E-state index contributed by atoms with van der Waals surface area (Å²) in [6, 6.07) is 0. The highest BCUT2D eigenvalue weighted by Gasteiger charge is 2.19. The molecular formula is C60H104O6. The number of carbonyl (C=O) groups is 3. The highest BCUT2D eigenvalue weighted by Crippen LogP contribution is 2.16. The predicted octanol–water partition coefficient (Wildman–Crippen LogP) is 18.6. The molecular weight excluding hydrogens is 817 g/mol. The van der Waals surface area contributed by atoms with Crippen LogP contribution in [0.3, 0.4) is 0 Å². The first-order valence-corrected chi connectivity index (χ1v) is 27.9. The Hall–Kier alpha value is -3.15. The maximum atomic E-state index is 12.8. The summed E-state index contributed by atoms with van der Waals surface area (Å²) in [5, 5.41) is 0. The summed E-state index contributed by atoms with van der Waals surface area (Å²) in [5.74, 6) is -0.900.